The SMILES string of the molecule is CC(C)=C(/C(=C\C(C)(C)O)Cc1cccc2ccccc12)c1ccccc1.CCC(C)C. The van der Waals surface area contributed by atoms with Crippen molar-refractivity contribution < 1.29 is 5.11 Å². The zero-order valence-corrected chi connectivity index (χ0v) is 20.9. The van der Waals surface area contributed by atoms with E-state index in [9.17, 15) is 5.11 Å². The molecule has 3 aromatic carbocycles. The van der Waals surface area contributed by atoms with Crippen LogP contribution in [0.15, 0.2) is 90.0 Å². The molecule has 170 valence electrons. The zero-order chi connectivity index (χ0) is 23.7. The van der Waals surface area contributed by atoms with Gasteiger partial charge in [0, 0.05) is 0 Å². The second kappa shape index (κ2) is 11.8. The van der Waals surface area contributed by atoms with Gasteiger partial charge < -0.3 is 5.11 Å². The molecule has 3 rings (SSSR count). The van der Waals surface area contributed by atoms with E-state index in [0.29, 0.717) is 0 Å². The summed E-state index contributed by atoms with van der Waals surface area (Å²) in [6.45, 7) is 14.6. The van der Waals surface area contributed by atoms with E-state index < -0.39 is 5.60 Å². The Labute approximate surface area is 195 Å². The molecular weight excluding hydrogens is 388 g/mol. The molecule has 0 aromatic heterocycles. The molecule has 0 aliphatic heterocycles. The van der Waals surface area contributed by atoms with Crippen molar-refractivity contribution in [1.29, 1.82) is 0 Å². The smallest absolute Gasteiger partial charge is 0.0777 e. The van der Waals surface area contributed by atoms with Gasteiger partial charge in [-0.1, -0.05) is 106 Å². The lowest BCUT2D eigenvalue weighted by atomic mass is 9.86. The molecule has 0 atom stereocenters. The molecule has 0 aliphatic carbocycles. The van der Waals surface area contributed by atoms with Crippen LogP contribution in [0.1, 0.15) is 66.0 Å². The molecular formula is C31H40O. The predicted molar refractivity (Wildman–Crippen MR) is 142 cm³/mol. The Balaban J connectivity index is 0.000000654. The van der Waals surface area contributed by atoms with Crippen molar-refractivity contribution in [2.75, 3.05) is 0 Å². The standard InChI is InChI=1S/C26H28O.C5H12/c1-19(2)25(21-12-6-5-7-13-21)23(18-26(3,4)27)17-22-15-10-14-20-11-8-9-16-24(20)22;1-4-5(2)3/h5-16,18,27H,17H2,1-4H3;5H,4H2,1-3H3/b23-18-;. The number of hydrogen-bond donors (Lipinski definition) is 1. The third-order valence-corrected chi connectivity index (χ3v) is 5.49. The summed E-state index contributed by atoms with van der Waals surface area (Å²) in [4.78, 5) is 0. The Hall–Kier alpha value is -2.64. The van der Waals surface area contributed by atoms with Crippen LogP contribution in [0.25, 0.3) is 16.3 Å². The van der Waals surface area contributed by atoms with Crippen LogP contribution in [-0.4, -0.2) is 10.7 Å². The molecule has 3 aromatic rings. The van der Waals surface area contributed by atoms with Crippen molar-refractivity contribution in [2.24, 2.45) is 5.92 Å². The number of benzene rings is 3. The van der Waals surface area contributed by atoms with Crippen LogP contribution >= 0.6 is 0 Å². The Morgan fingerprint density at radius 1 is 0.875 bits per heavy atom. The average molecular weight is 429 g/mol. The van der Waals surface area contributed by atoms with Crippen molar-refractivity contribution >= 4 is 16.3 Å². The van der Waals surface area contributed by atoms with Crippen molar-refractivity contribution in [1.82, 2.24) is 0 Å². The first kappa shape index (κ1) is 25.6. The Morgan fingerprint density at radius 2 is 1.44 bits per heavy atom. The maximum atomic E-state index is 10.6. The normalized spacial score (nSPS) is 11.8. The maximum Gasteiger partial charge on any atom is 0.0777 e. The lowest BCUT2D eigenvalue weighted by molar-refractivity contribution is 0.132. The van der Waals surface area contributed by atoms with E-state index in [0.717, 1.165) is 17.9 Å². The van der Waals surface area contributed by atoms with Gasteiger partial charge in [-0.25, -0.2) is 0 Å². The van der Waals surface area contributed by atoms with Crippen LogP contribution in [0.3, 0.4) is 0 Å². The zero-order valence-electron chi connectivity index (χ0n) is 20.9. The fraction of sp³-hybridized carbons (Fsp3) is 0.355. The van der Waals surface area contributed by atoms with Crippen molar-refractivity contribution in [3.8, 4) is 0 Å². The lowest BCUT2D eigenvalue weighted by Gasteiger charge is -2.21. The fourth-order valence-corrected chi connectivity index (χ4v) is 3.69. The third-order valence-electron chi connectivity index (χ3n) is 5.49. The summed E-state index contributed by atoms with van der Waals surface area (Å²) in [5, 5.41) is 13.1. The van der Waals surface area contributed by atoms with Crippen LogP contribution < -0.4 is 0 Å². The molecule has 0 heterocycles. The molecule has 0 saturated heterocycles. The van der Waals surface area contributed by atoms with Gasteiger partial charge in [0.25, 0.3) is 0 Å². The first-order valence-electron chi connectivity index (χ1n) is 11.8. The fourth-order valence-electron chi connectivity index (χ4n) is 3.69. The molecule has 0 radical (unpaired) electrons. The highest BCUT2D eigenvalue weighted by molar-refractivity contribution is 5.88. The minimum absolute atomic E-state index is 0.779. The van der Waals surface area contributed by atoms with Gasteiger partial charge in [0.15, 0.2) is 0 Å². The van der Waals surface area contributed by atoms with E-state index in [1.54, 1.807) is 0 Å². The van der Waals surface area contributed by atoms with Crippen molar-refractivity contribution in [2.45, 2.75) is 66.9 Å². The molecule has 0 aliphatic rings. The van der Waals surface area contributed by atoms with Crippen LogP contribution in [0.2, 0.25) is 0 Å². The van der Waals surface area contributed by atoms with Gasteiger partial charge in [-0.05, 0) is 79.2 Å². The van der Waals surface area contributed by atoms with Gasteiger partial charge in [0.2, 0.25) is 0 Å². The van der Waals surface area contributed by atoms with E-state index in [-0.39, 0.29) is 0 Å². The van der Waals surface area contributed by atoms with Crippen LogP contribution in [0.4, 0.5) is 0 Å². The first-order valence-corrected chi connectivity index (χ1v) is 11.8. The van der Waals surface area contributed by atoms with E-state index in [2.05, 4.69) is 101 Å². The first-order chi connectivity index (χ1) is 15.1. The molecule has 0 fully saturated rings. The largest absolute Gasteiger partial charge is 0.386 e. The topological polar surface area (TPSA) is 20.2 Å². The summed E-state index contributed by atoms with van der Waals surface area (Å²) in [5.74, 6) is 0.884. The molecule has 0 saturated carbocycles. The van der Waals surface area contributed by atoms with Gasteiger partial charge in [-0.2, -0.15) is 0 Å². The lowest BCUT2D eigenvalue weighted by Crippen LogP contribution is -2.16. The van der Waals surface area contributed by atoms with Crippen LogP contribution in [-0.2, 0) is 6.42 Å². The van der Waals surface area contributed by atoms with E-state index in [4.69, 9.17) is 0 Å². The summed E-state index contributed by atoms with van der Waals surface area (Å²) in [6.07, 6.45) is 4.09. The molecule has 1 heteroatoms. The van der Waals surface area contributed by atoms with Gasteiger partial charge in [0.1, 0.15) is 0 Å². The summed E-state index contributed by atoms with van der Waals surface area (Å²) in [6, 6.07) is 25.4. The predicted octanol–water partition coefficient (Wildman–Crippen LogP) is 8.63. The van der Waals surface area contributed by atoms with Crippen LogP contribution in [0.5, 0.6) is 0 Å². The number of hydrogen-bond acceptors (Lipinski definition) is 1. The van der Waals surface area contributed by atoms with E-state index in [1.807, 2.05) is 26.0 Å². The molecule has 0 bridgehead atoms. The quantitative estimate of drug-likeness (QED) is 0.390. The number of aliphatic hydroxyl groups is 1. The monoisotopic (exact) mass is 428 g/mol. The highest BCUT2D eigenvalue weighted by Gasteiger charge is 2.17. The molecule has 1 N–H and O–H groups in total. The van der Waals surface area contributed by atoms with Gasteiger partial charge in [0.05, 0.1) is 5.60 Å². The van der Waals surface area contributed by atoms with Gasteiger partial charge >= 0.3 is 0 Å². The highest BCUT2D eigenvalue weighted by Crippen LogP contribution is 2.32. The highest BCUT2D eigenvalue weighted by atomic mass is 16.3. The van der Waals surface area contributed by atoms with E-state index in [1.165, 1.54) is 39.5 Å². The Bertz CT molecular complexity index is 1040. The summed E-state index contributed by atoms with van der Waals surface area (Å²) in [5.41, 5.74) is 5.20. The second-order valence-corrected chi connectivity index (χ2v) is 9.68. The average Bonchev–Trinajstić information content (AvgIpc) is 2.74. The molecule has 0 spiro atoms. The summed E-state index contributed by atoms with van der Waals surface area (Å²) < 4.78 is 0. The molecule has 0 unspecified atom stereocenters. The Morgan fingerprint density at radius 3 is 2.00 bits per heavy atom. The minimum atomic E-state index is -0.880. The van der Waals surface area contributed by atoms with Crippen molar-refractivity contribution in [3.05, 3.63) is 101 Å². The Kier molecular flexibility index (Phi) is 9.47. The maximum absolute atomic E-state index is 10.6. The van der Waals surface area contributed by atoms with Gasteiger partial charge in [-0.15, -0.1) is 0 Å². The molecule has 32 heavy (non-hydrogen) atoms. The van der Waals surface area contributed by atoms with E-state index >= 15 is 0 Å². The van der Waals surface area contributed by atoms with Crippen molar-refractivity contribution in [3.63, 3.8) is 0 Å². The second-order valence-electron chi connectivity index (χ2n) is 9.68. The molecule has 1 nitrogen and oxygen atoms in total. The minimum Gasteiger partial charge on any atom is -0.386 e. The molecule has 0 amide bonds. The third kappa shape index (κ3) is 7.80. The number of fused-ring (bicyclic) bond motifs is 1. The number of allylic oxidation sites excluding steroid dienone is 3. The van der Waals surface area contributed by atoms with Gasteiger partial charge in [-0.3, -0.25) is 0 Å². The van der Waals surface area contributed by atoms with Crippen LogP contribution in [0, 0.1) is 5.92 Å². The number of rotatable bonds is 6. The summed E-state index contributed by atoms with van der Waals surface area (Å²) >= 11 is 0. The summed E-state index contributed by atoms with van der Waals surface area (Å²) in [7, 11) is 0.